The molecule has 2 N–H and O–H groups in total. The fraction of sp³-hybridized carbons (Fsp3) is 0.533. The van der Waals surface area contributed by atoms with E-state index in [0.29, 0.717) is 38.6 Å². The Morgan fingerprint density at radius 2 is 2.12 bits per heavy atom. The Kier molecular flexibility index (Phi) is 6.71. The van der Waals surface area contributed by atoms with Crippen LogP contribution in [0.2, 0.25) is 0 Å². The number of rotatable bonds is 8. The van der Waals surface area contributed by atoms with Crippen molar-refractivity contribution >= 4 is 21.6 Å². The summed E-state index contributed by atoms with van der Waals surface area (Å²) >= 11 is 0. The molecule has 0 spiro atoms. The molecule has 0 aromatic carbocycles. The molecule has 138 valence electrons. The highest BCUT2D eigenvalue weighted by Crippen LogP contribution is 2.02. The van der Waals surface area contributed by atoms with Gasteiger partial charge in [0, 0.05) is 32.9 Å². The number of nitrogens with zero attached hydrogens (tertiary/aromatic N) is 5. The molecule has 0 saturated heterocycles. The SMILES string of the molecule is CCN(CCCNC(=NC)NCc1nnc2ccccn12)S(C)(=O)=O. The summed E-state index contributed by atoms with van der Waals surface area (Å²) in [5.41, 5.74) is 0.794. The minimum Gasteiger partial charge on any atom is -0.356 e. The molecule has 0 bridgehead atoms. The number of pyridine rings is 1. The molecule has 2 rings (SSSR count). The molecule has 2 heterocycles. The maximum atomic E-state index is 11.5. The second kappa shape index (κ2) is 8.77. The van der Waals surface area contributed by atoms with Gasteiger partial charge in [0.2, 0.25) is 10.0 Å². The molecule has 0 fully saturated rings. The van der Waals surface area contributed by atoms with Crippen LogP contribution in [-0.2, 0) is 16.6 Å². The average Bonchev–Trinajstić information content (AvgIpc) is 2.99. The van der Waals surface area contributed by atoms with Crippen LogP contribution >= 0.6 is 0 Å². The minimum atomic E-state index is -3.14. The lowest BCUT2D eigenvalue weighted by Crippen LogP contribution is -2.39. The largest absolute Gasteiger partial charge is 0.356 e. The molecule has 0 aliphatic rings. The Labute approximate surface area is 148 Å². The zero-order valence-corrected chi connectivity index (χ0v) is 15.6. The van der Waals surface area contributed by atoms with E-state index in [-0.39, 0.29) is 0 Å². The van der Waals surface area contributed by atoms with Crippen molar-refractivity contribution in [1.82, 2.24) is 29.5 Å². The van der Waals surface area contributed by atoms with E-state index >= 15 is 0 Å². The maximum Gasteiger partial charge on any atom is 0.211 e. The van der Waals surface area contributed by atoms with Crippen molar-refractivity contribution in [3.8, 4) is 0 Å². The van der Waals surface area contributed by atoms with Crippen molar-refractivity contribution in [1.29, 1.82) is 0 Å². The molecule has 0 atom stereocenters. The highest BCUT2D eigenvalue weighted by Gasteiger charge is 2.13. The van der Waals surface area contributed by atoms with Crippen LogP contribution < -0.4 is 10.6 Å². The molecule has 0 amide bonds. The number of hydrogen-bond acceptors (Lipinski definition) is 5. The molecule has 9 nitrogen and oxygen atoms in total. The molecule has 2 aromatic rings. The molecule has 0 saturated carbocycles. The fourth-order valence-corrected chi connectivity index (χ4v) is 3.35. The standard InChI is InChI=1S/C15H25N7O2S/c1-4-21(25(3,23)24)10-7-9-17-15(16-2)18-12-14-20-19-13-8-5-6-11-22(13)14/h5-6,8,11H,4,7,9-10,12H2,1-3H3,(H2,16,17,18). The van der Waals surface area contributed by atoms with E-state index < -0.39 is 10.0 Å². The van der Waals surface area contributed by atoms with Crippen LogP contribution in [-0.4, -0.2) is 66.2 Å². The van der Waals surface area contributed by atoms with Gasteiger partial charge in [0.05, 0.1) is 12.8 Å². The van der Waals surface area contributed by atoms with Gasteiger partial charge in [0.15, 0.2) is 17.4 Å². The summed E-state index contributed by atoms with van der Waals surface area (Å²) < 4.78 is 26.4. The second-order valence-corrected chi connectivity index (χ2v) is 7.49. The van der Waals surface area contributed by atoms with Crippen molar-refractivity contribution in [2.75, 3.05) is 32.9 Å². The molecule has 0 aliphatic carbocycles. The first-order valence-corrected chi connectivity index (χ1v) is 9.98. The van der Waals surface area contributed by atoms with Crippen molar-refractivity contribution in [2.24, 2.45) is 4.99 Å². The Balaban J connectivity index is 1.79. The molecular weight excluding hydrogens is 342 g/mol. The van der Waals surface area contributed by atoms with Gasteiger partial charge in [-0.25, -0.2) is 12.7 Å². The van der Waals surface area contributed by atoms with Gasteiger partial charge in [-0.1, -0.05) is 13.0 Å². The lowest BCUT2D eigenvalue weighted by Gasteiger charge is -2.18. The minimum absolute atomic E-state index is 0.478. The summed E-state index contributed by atoms with van der Waals surface area (Å²) in [6.07, 6.45) is 3.83. The lowest BCUT2D eigenvalue weighted by molar-refractivity contribution is 0.424. The number of nitrogens with one attached hydrogen (secondary N) is 2. The van der Waals surface area contributed by atoms with Gasteiger partial charge >= 0.3 is 0 Å². The molecule has 0 radical (unpaired) electrons. The first kappa shape index (κ1) is 19.1. The maximum absolute atomic E-state index is 11.5. The van der Waals surface area contributed by atoms with Gasteiger partial charge in [-0.15, -0.1) is 10.2 Å². The zero-order valence-electron chi connectivity index (χ0n) is 14.8. The monoisotopic (exact) mass is 367 g/mol. The van der Waals surface area contributed by atoms with E-state index in [1.807, 2.05) is 35.7 Å². The topological polar surface area (TPSA) is 104 Å². The summed E-state index contributed by atoms with van der Waals surface area (Å²) in [5.74, 6) is 1.42. The average molecular weight is 367 g/mol. The second-order valence-electron chi connectivity index (χ2n) is 5.51. The zero-order chi connectivity index (χ0) is 18.3. The number of aromatic nitrogens is 3. The van der Waals surface area contributed by atoms with Gasteiger partial charge in [0.1, 0.15) is 0 Å². The Bertz CT molecular complexity index is 816. The summed E-state index contributed by atoms with van der Waals surface area (Å²) in [6, 6.07) is 5.73. The summed E-state index contributed by atoms with van der Waals surface area (Å²) in [6.45, 7) is 3.89. The quantitative estimate of drug-likeness (QED) is 0.389. The number of aliphatic imine (C=N–C) groups is 1. The lowest BCUT2D eigenvalue weighted by atomic mass is 10.4. The highest BCUT2D eigenvalue weighted by molar-refractivity contribution is 7.88. The smallest absolute Gasteiger partial charge is 0.211 e. The third kappa shape index (κ3) is 5.40. The Hall–Kier alpha value is -2.20. The van der Waals surface area contributed by atoms with Gasteiger partial charge in [-0.3, -0.25) is 9.39 Å². The van der Waals surface area contributed by atoms with Crippen LogP contribution in [0.1, 0.15) is 19.2 Å². The molecular formula is C15H25N7O2S. The van der Waals surface area contributed by atoms with E-state index in [9.17, 15) is 8.42 Å². The summed E-state index contributed by atoms with van der Waals surface area (Å²) in [5, 5.41) is 14.6. The van der Waals surface area contributed by atoms with Crippen LogP contribution in [0.15, 0.2) is 29.4 Å². The van der Waals surface area contributed by atoms with Gasteiger partial charge < -0.3 is 10.6 Å². The normalized spacial score (nSPS) is 12.7. The fourth-order valence-electron chi connectivity index (χ4n) is 2.42. The summed E-state index contributed by atoms with van der Waals surface area (Å²) in [4.78, 5) is 4.16. The van der Waals surface area contributed by atoms with E-state index in [1.54, 1.807) is 7.05 Å². The molecule has 25 heavy (non-hydrogen) atoms. The van der Waals surface area contributed by atoms with Crippen LogP contribution in [0.3, 0.4) is 0 Å². The van der Waals surface area contributed by atoms with Crippen molar-refractivity contribution in [3.05, 3.63) is 30.2 Å². The van der Waals surface area contributed by atoms with Gasteiger partial charge in [-0.2, -0.15) is 0 Å². The molecule has 0 unspecified atom stereocenters. The number of guanidine groups is 1. The predicted molar refractivity (Wildman–Crippen MR) is 97.9 cm³/mol. The Morgan fingerprint density at radius 3 is 2.80 bits per heavy atom. The molecule has 10 heteroatoms. The first-order chi connectivity index (χ1) is 12.0. The third-order valence-electron chi connectivity index (χ3n) is 3.72. The van der Waals surface area contributed by atoms with Gasteiger partial charge in [-0.05, 0) is 18.6 Å². The molecule has 2 aromatic heterocycles. The highest BCUT2D eigenvalue weighted by atomic mass is 32.2. The van der Waals surface area contributed by atoms with E-state index in [4.69, 9.17) is 0 Å². The van der Waals surface area contributed by atoms with Crippen LogP contribution in [0, 0.1) is 0 Å². The van der Waals surface area contributed by atoms with Gasteiger partial charge in [0.25, 0.3) is 0 Å². The Morgan fingerprint density at radius 1 is 1.32 bits per heavy atom. The van der Waals surface area contributed by atoms with E-state index in [2.05, 4.69) is 25.8 Å². The number of fused-ring (bicyclic) bond motifs is 1. The first-order valence-electron chi connectivity index (χ1n) is 8.14. The summed E-state index contributed by atoms with van der Waals surface area (Å²) in [7, 11) is -1.45. The molecule has 0 aliphatic heterocycles. The van der Waals surface area contributed by atoms with E-state index in [0.717, 1.165) is 11.5 Å². The van der Waals surface area contributed by atoms with E-state index in [1.165, 1.54) is 10.6 Å². The van der Waals surface area contributed by atoms with Crippen LogP contribution in [0.4, 0.5) is 0 Å². The third-order valence-corrected chi connectivity index (χ3v) is 5.10. The number of sulfonamides is 1. The van der Waals surface area contributed by atoms with Crippen molar-refractivity contribution < 1.29 is 8.42 Å². The van der Waals surface area contributed by atoms with Crippen molar-refractivity contribution in [2.45, 2.75) is 19.9 Å². The van der Waals surface area contributed by atoms with Crippen LogP contribution in [0.5, 0.6) is 0 Å². The number of hydrogen-bond donors (Lipinski definition) is 2. The van der Waals surface area contributed by atoms with Crippen LogP contribution in [0.25, 0.3) is 5.65 Å². The van der Waals surface area contributed by atoms with Crippen molar-refractivity contribution in [3.63, 3.8) is 0 Å². The predicted octanol–water partition coefficient (Wildman–Crippen LogP) is 0.0659.